The third-order valence-electron chi connectivity index (χ3n) is 3.36. The van der Waals surface area contributed by atoms with E-state index < -0.39 is 0 Å². The SMILES string of the molecule is Nc1cc(C2CCNCC2)nn1Cc1cn[nH]n1. The van der Waals surface area contributed by atoms with Crippen LogP contribution >= 0.6 is 0 Å². The molecular weight excluding hydrogens is 230 g/mol. The van der Waals surface area contributed by atoms with Crippen molar-refractivity contribution in [3.8, 4) is 0 Å². The zero-order valence-corrected chi connectivity index (χ0v) is 10.1. The summed E-state index contributed by atoms with van der Waals surface area (Å²) in [6, 6.07) is 1.98. The topological polar surface area (TPSA) is 97.4 Å². The summed E-state index contributed by atoms with van der Waals surface area (Å²) in [5.41, 5.74) is 7.92. The normalized spacial score (nSPS) is 17.1. The molecule has 0 aliphatic carbocycles. The molecule has 4 N–H and O–H groups in total. The largest absolute Gasteiger partial charge is 0.384 e. The maximum Gasteiger partial charge on any atom is 0.122 e. The van der Waals surface area contributed by atoms with Gasteiger partial charge in [0, 0.05) is 12.0 Å². The van der Waals surface area contributed by atoms with Crippen molar-refractivity contribution >= 4 is 5.82 Å². The van der Waals surface area contributed by atoms with Crippen molar-refractivity contribution in [1.29, 1.82) is 0 Å². The predicted molar refractivity (Wildman–Crippen MR) is 67.0 cm³/mol. The Labute approximate surface area is 105 Å². The highest BCUT2D eigenvalue weighted by molar-refractivity contribution is 5.33. The summed E-state index contributed by atoms with van der Waals surface area (Å²) in [5.74, 6) is 1.21. The van der Waals surface area contributed by atoms with Crippen LogP contribution in [0.3, 0.4) is 0 Å². The molecule has 0 saturated carbocycles. The van der Waals surface area contributed by atoms with Gasteiger partial charge in [-0.1, -0.05) is 0 Å². The number of hydrogen-bond acceptors (Lipinski definition) is 5. The molecule has 0 radical (unpaired) electrons. The van der Waals surface area contributed by atoms with E-state index in [1.807, 2.05) is 6.07 Å². The van der Waals surface area contributed by atoms with Crippen LogP contribution in [0.2, 0.25) is 0 Å². The van der Waals surface area contributed by atoms with Gasteiger partial charge in [-0.25, -0.2) is 4.68 Å². The zero-order chi connectivity index (χ0) is 12.4. The molecule has 96 valence electrons. The van der Waals surface area contributed by atoms with E-state index >= 15 is 0 Å². The monoisotopic (exact) mass is 247 g/mol. The Morgan fingerprint density at radius 1 is 1.39 bits per heavy atom. The van der Waals surface area contributed by atoms with E-state index in [1.54, 1.807) is 10.9 Å². The highest BCUT2D eigenvalue weighted by Crippen LogP contribution is 2.25. The lowest BCUT2D eigenvalue weighted by atomic mass is 9.95. The predicted octanol–water partition coefficient (Wildman–Crippen LogP) is 0.0987. The fourth-order valence-corrected chi connectivity index (χ4v) is 2.35. The highest BCUT2D eigenvalue weighted by atomic mass is 15.4. The molecular formula is C11H17N7. The van der Waals surface area contributed by atoms with Crippen molar-refractivity contribution in [3.05, 3.63) is 23.7 Å². The molecule has 1 saturated heterocycles. The van der Waals surface area contributed by atoms with Crippen LogP contribution in [-0.4, -0.2) is 38.3 Å². The van der Waals surface area contributed by atoms with Crippen LogP contribution in [0.4, 0.5) is 5.82 Å². The molecule has 0 spiro atoms. The summed E-state index contributed by atoms with van der Waals surface area (Å²) in [6.07, 6.45) is 3.94. The Balaban J connectivity index is 1.77. The number of nitrogens with zero attached hydrogens (tertiary/aromatic N) is 4. The van der Waals surface area contributed by atoms with Crippen LogP contribution in [0.5, 0.6) is 0 Å². The Bertz CT molecular complexity index is 495. The number of piperidine rings is 1. The first-order chi connectivity index (χ1) is 8.83. The third-order valence-corrected chi connectivity index (χ3v) is 3.36. The highest BCUT2D eigenvalue weighted by Gasteiger charge is 2.19. The molecule has 0 unspecified atom stereocenters. The van der Waals surface area contributed by atoms with Gasteiger partial charge in [-0.3, -0.25) is 0 Å². The maximum absolute atomic E-state index is 5.99. The molecule has 0 amide bonds. The van der Waals surface area contributed by atoms with Crippen LogP contribution in [0.1, 0.15) is 30.1 Å². The number of nitrogen functional groups attached to an aromatic ring is 1. The number of anilines is 1. The number of aromatic amines is 1. The Morgan fingerprint density at radius 3 is 2.94 bits per heavy atom. The first-order valence-electron chi connectivity index (χ1n) is 6.21. The summed E-state index contributed by atoms with van der Waals surface area (Å²) >= 11 is 0. The van der Waals surface area contributed by atoms with E-state index in [1.165, 1.54) is 0 Å². The minimum atomic E-state index is 0.520. The van der Waals surface area contributed by atoms with E-state index in [0.29, 0.717) is 18.3 Å². The lowest BCUT2D eigenvalue weighted by Crippen LogP contribution is -2.26. The smallest absolute Gasteiger partial charge is 0.122 e. The van der Waals surface area contributed by atoms with Crippen LogP contribution < -0.4 is 11.1 Å². The summed E-state index contributed by atoms with van der Waals surface area (Å²) in [6.45, 7) is 2.68. The van der Waals surface area contributed by atoms with Gasteiger partial charge >= 0.3 is 0 Å². The molecule has 1 aliphatic rings. The Morgan fingerprint density at radius 2 is 2.22 bits per heavy atom. The number of aromatic nitrogens is 5. The number of rotatable bonds is 3. The summed E-state index contributed by atoms with van der Waals surface area (Å²) in [5, 5.41) is 18.3. The molecule has 7 heteroatoms. The average Bonchev–Trinajstić information content (AvgIpc) is 3.02. The second-order valence-corrected chi connectivity index (χ2v) is 4.64. The molecule has 0 atom stereocenters. The van der Waals surface area contributed by atoms with E-state index in [9.17, 15) is 0 Å². The van der Waals surface area contributed by atoms with E-state index in [0.717, 1.165) is 37.3 Å². The number of hydrogen-bond donors (Lipinski definition) is 3. The Kier molecular flexibility index (Phi) is 2.97. The van der Waals surface area contributed by atoms with Gasteiger partial charge in [0.05, 0.1) is 18.4 Å². The second kappa shape index (κ2) is 4.77. The summed E-state index contributed by atoms with van der Waals surface area (Å²) in [4.78, 5) is 0. The van der Waals surface area contributed by atoms with Crippen LogP contribution in [0.15, 0.2) is 12.3 Å². The quantitative estimate of drug-likeness (QED) is 0.714. The Hall–Kier alpha value is -1.89. The van der Waals surface area contributed by atoms with E-state index in [4.69, 9.17) is 5.73 Å². The van der Waals surface area contributed by atoms with Crippen LogP contribution in [0.25, 0.3) is 0 Å². The number of nitrogens with one attached hydrogen (secondary N) is 2. The van der Waals surface area contributed by atoms with Gasteiger partial charge in [-0.2, -0.15) is 20.5 Å². The standard InChI is InChI=1S/C11H17N7/c12-11-5-10(8-1-3-13-4-2-8)16-18(11)7-9-6-14-17-15-9/h5-6,8,13H,1-4,7,12H2,(H,14,15,17). The lowest BCUT2D eigenvalue weighted by molar-refractivity contribution is 0.448. The van der Waals surface area contributed by atoms with Gasteiger partial charge in [-0.15, -0.1) is 0 Å². The summed E-state index contributed by atoms with van der Waals surface area (Å²) in [7, 11) is 0. The molecule has 3 heterocycles. The van der Waals surface area contributed by atoms with Gasteiger partial charge in [-0.05, 0) is 25.9 Å². The molecule has 7 nitrogen and oxygen atoms in total. The van der Waals surface area contributed by atoms with Crippen molar-refractivity contribution in [2.75, 3.05) is 18.8 Å². The van der Waals surface area contributed by atoms with Crippen molar-refractivity contribution in [2.24, 2.45) is 0 Å². The minimum Gasteiger partial charge on any atom is -0.384 e. The van der Waals surface area contributed by atoms with E-state index in [2.05, 4.69) is 25.8 Å². The fourth-order valence-electron chi connectivity index (χ4n) is 2.35. The first-order valence-corrected chi connectivity index (χ1v) is 6.21. The maximum atomic E-state index is 5.99. The summed E-state index contributed by atoms with van der Waals surface area (Å²) < 4.78 is 1.79. The van der Waals surface area contributed by atoms with Crippen LogP contribution in [0, 0.1) is 0 Å². The van der Waals surface area contributed by atoms with Crippen LogP contribution in [-0.2, 0) is 6.54 Å². The van der Waals surface area contributed by atoms with Crippen molar-refractivity contribution in [1.82, 2.24) is 30.5 Å². The van der Waals surface area contributed by atoms with Crippen molar-refractivity contribution < 1.29 is 0 Å². The van der Waals surface area contributed by atoms with Gasteiger partial charge in [0.15, 0.2) is 0 Å². The second-order valence-electron chi connectivity index (χ2n) is 4.64. The molecule has 1 aliphatic heterocycles. The molecule has 0 bridgehead atoms. The number of H-pyrrole nitrogens is 1. The van der Waals surface area contributed by atoms with Gasteiger partial charge in [0.1, 0.15) is 11.5 Å². The first kappa shape index (κ1) is 11.2. The third kappa shape index (κ3) is 2.21. The molecule has 1 fully saturated rings. The molecule has 2 aromatic rings. The lowest BCUT2D eigenvalue weighted by Gasteiger charge is -2.20. The number of nitrogens with two attached hydrogens (primary N) is 1. The average molecular weight is 247 g/mol. The minimum absolute atomic E-state index is 0.520. The molecule has 0 aromatic carbocycles. The van der Waals surface area contributed by atoms with Gasteiger partial charge < -0.3 is 11.1 Å². The van der Waals surface area contributed by atoms with Gasteiger partial charge in [0.25, 0.3) is 0 Å². The van der Waals surface area contributed by atoms with E-state index in [-0.39, 0.29) is 0 Å². The van der Waals surface area contributed by atoms with Crippen molar-refractivity contribution in [2.45, 2.75) is 25.3 Å². The van der Waals surface area contributed by atoms with Crippen molar-refractivity contribution in [3.63, 3.8) is 0 Å². The molecule has 3 rings (SSSR count). The van der Waals surface area contributed by atoms with Gasteiger partial charge in [0.2, 0.25) is 0 Å². The molecule has 18 heavy (non-hydrogen) atoms. The zero-order valence-electron chi connectivity index (χ0n) is 10.1. The fraction of sp³-hybridized carbons (Fsp3) is 0.545. The molecule has 2 aromatic heterocycles.